The van der Waals surface area contributed by atoms with Gasteiger partial charge in [-0.3, -0.25) is 4.99 Å². The fraction of sp³-hybridized carbons (Fsp3) is 0.375. The van der Waals surface area contributed by atoms with Crippen molar-refractivity contribution in [2.45, 2.75) is 19.9 Å². The van der Waals surface area contributed by atoms with Crippen molar-refractivity contribution in [3.05, 3.63) is 23.8 Å². The van der Waals surface area contributed by atoms with Gasteiger partial charge in [-0.15, -0.1) is 0 Å². The molecular formula is C8H12N2O2. The Balaban J connectivity index is 3.31. The van der Waals surface area contributed by atoms with Gasteiger partial charge in [0.2, 0.25) is 5.49 Å². The molecule has 1 aromatic rings. The zero-order valence-corrected chi connectivity index (χ0v) is 7.10. The Kier molecular flexibility index (Phi) is 2.38. The first-order valence-electron chi connectivity index (χ1n) is 3.75. The van der Waals surface area contributed by atoms with Gasteiger partial charge < -0.3 is 10.3 Å². The van der Waals surface area contributed by atoms with Gasteiger partial charge in [-0.2, -0.15) is 4.73 Å². The SMILES string of the molecule is CC(C)N=c1c(O)cccn1O. The second kappa shape index (κ2) is 3.30. The lowest BCUT2D eigenvalue weighted by molar-refractivity contribution is 0.166. The van der Waals surface area contributed by atoms with Crippen LogP contribution in [-0.2, 0) is 0 Å². The van der Waals surface area contributed by atoms with E-state index in [0.29, 0.717) is 0 Å². The normalized spacial score (nSPS) is 12.4. The van der Waals surface area contributed by atoms with Gasteiger partial charge in [0.1, 0.15) is 0 Å². The van der Waals surface area contributed by atoms with Crippen LogP contribution in [0.4, 0.5) is 0 Å². The van der Waals surface area contributed by atoms with Gasteiger partial charge in [-0.05, 0) is 26.0 Å². The number of pyridine rings is 1. The zero-order valence-electron chi connectivity index (χ0n) is 7.10. The highest BCUT2D eigenvalue weighted by atomic mass is 16.5. The lowest BCUT2D eigenvalue weighted by Crippen LogP contribution is -2.19. The molecule has 0 aromatic carbocycles. The first-order valence-corrected chi connectivity index (χ1v) is 3.75. The summed E-state index contributed by atoms with van der Waals surface area (Å²) in [5.74, 6) is -0.0197. The van der Waals surface area contributed by atoms with Crippen molar-refractivity contribution in [3.8, 4) is 5.75 Å². The molecule has 0 bridgehead atoms. The lowest BCUT2D eigenvalue weighted by Gasteiger charge is -2.01. The van der Waals surface area contributed by atoms with Crippen LogP contribution in [0.3, 0.4) is 0 Å². The highest BCUT2D eigenvalue weighted by Crippen LogP contribution is 1.97. The lowest BCUT2D eigenvalue weighted by atomic mass is 10.4. The van der Waals surface area contributed by atoms with E-state index in [1.807, 2.05) is 13.8 Å². The molecular weight excluding hydrogens is 156 g/mol. The third-order valence-electron chi connectivity index (χ3n) is 1.31. The number of aromatic hydroxyl groups is 1. The standard InChI is InChI=1S/C8H12N2O2/c1-6(2)9-8-7(11)4-3-5-10(8)12/h3-6,11-12H,1-2H3. The molecule has 12 heavy (non-hydrogen) atoms. The molecule has 4 heteroatoms. The van der Waals surface area contributed by atoms with Crippen LogP contribution < -0.4 is 5.49 Å². The minimum atomic E-state index is -0.0197. The van der Waals surface area contributed by atoms with Crippen LogP contribution in [0, 0.1) is 0 Å². The van der Waals surface area contributed by atoms with E-state index in [2.05, 4.69) is 4.99 Å². The summed E-state index contributed by atoms with van der Waals surface area (Å²) in [7, 11) is 0. The van der Waals surface area contributed by atoms with Gasteiger partial charge >= 0.3 is 0 Å². The Hall–Kier alpha value is -1.45. The van der Waals surface area contributed by atoms with E-state index in [4.69, 9.17) is 0 Å². The maximum atomic E-state index is 9.27. The second-order valence-electron chi connectivity index (χ2n) is 2.78. The zero-order chi connectivity index (χ0) is 9.14. The molecule has 1 rings (SSSR count). The first kappa shape index (κ1) is 8.64. The predicted octanol–water partition coefficient (Wildman–Crippen LogP) is 0.740. The van der Waals surface area contributed by atoms with E-state index in [9.17, 15) is 10.3 Å². The van der Waals surface area contributed by atoms with Gasteiger partial charge in [0.05, 0.1) is 0 Å². The molecule has 4 nitrogen and oxygen atoms in total. The van der Waals surface area contributed by atoms with Crippen molar-refractivity contribution in [3.63, 3.8) is 0 Å². The molecule has 0 aliphatic heterocycles. The van der Waals surface area contributed by atoms with Gasteiger partial charge in [0.15, 0.2) is 5.75 Å². The van der Waals surface area contributed by atoms with Crippen molar-refractivity contribution >= 4 is 0 Å². The van der Waals surface area contributed by atoms with E-state index >= 15 is 0 Å². The molecule has 1 aromatic heterocycles. The molecule has 0 saturated carbocycles. The van der Waals surface area contributed by atoms with E-state index in [1.54, 1.807) is 0 Å². The summed E-state index contributed by atoms with van der Waals surface area (Å²) in [4.78, 5) is 4.02. The van der Waals surface area contributed by atoms with Crippen LogP contribution >= 0.6 is 0 Å². The molecule has 0 amide bonds. The van der Waals surface area contributed by atoms with Crippen molar-refractivity contribution < 1.29 is 10.3 Å². The van der Waals surface area contributed by atoms with Crippen molar-refractivity contribution in [1.29, 1.82) is 0 Å². The number of hydrogen-bond acceptors (Lipinski definition) is 3. The molecule has 0 radical (unpaired) electrons. The number of rotatable bonds is 1. The maximum Gasteiger partial charge on any atom is 0.205 e. The van der Waals surface area contributed by atoms with Crippen molar-refractivity contribution in [2.75, 3.05) is 0 Å². The largest absolute Gasteiger partial charge is 0.504 e. The summed E-state index contributed by atoms with van der Waals surface area (Å²) in [6.07, 6.45) is 1.42. The molecule has 1 heterocycles. The van der Waals surface area contributed by atoms with Gasteiger partial charge in [-0.1, -0.05) is 0 Å². The number of nitrogens with zero attached hydrogens (tertiary/aromatic N) is 2. The molecule has 0 fully saturated rings. The van der Waals surface area contributed by atoms with E-state index in [1.165, 1.54) is 18.3 Å². The fourth-order valence-electron chi connectivity index (χ4n) is 0.848. The fourth-order valence-corrected chi connectivity index (χ4v) is 0.848. The van der Waals surface area contributed by atoms with Crippen molar-refractivity contribution in [1.82, 2.24) is 4.73 Å². The van der Waals surface area contributed by atoms with E-state index < -0.39 is 0 Å². The summed E-state index contributed by atoms with van der Waals surface area (Å²) < 4.78 is 0.801. The summed E-state index contributed by atoms with van der Waals surface area (Å²) >= 11 is 0. The average molecular weight is 168 g/mol. The molecule has 2 N–H and O–H groups in total. The minimum Gasteiger partial charge on any atom is -0.504 e. The Morgan fingerprint density at radius 2 is 2.17 bits per heavy atom. The second-order valence-corrected chi connectivity index (χ2v) is 2.78. The van der Waals surface area contributed by atoms with Gasteiger partial charge in [0.25, 0.3) is 0 Å². The van der Waals surface area contributed by atoms with Crippen LogP contribution in [0.25, 0.3) is 0 Å². The highest BCUT2D eigenvalue weighted by molar-refractivity contribution is 5.13. The summed E-state index contributed by atoms with van der Waals surface area (Å²) in [5, 5.41) is 18.5. The smallest absolute Gasteiger partial charge is 0.205 e. The first-order chi connectivity index (χ1) is 5.61. The Morgan fingerprint density at radius 1 is 1.50 bits per heavy atom. The van der Waals surface area contributed by atoms with Gasteiger partial charge in [-0.25, -0.2) is 0 Å². The number of aromatic nitrogens is 1. The van der Waals surface area contributed by atoms with Crippen LogP contribution in [0.1, 0.15) is 13.8 Å². The Morgan fingerprint density at radius 3 is 2.67 bits per heavy atom. The molecule has 66 valence electrons. The predicted molar refractivity (Wildman–Crippen MR) is 44.0 cm³/mol. The topological polar surface area (TPSA) is 57.8 Å². The number of hydrogen-bond donors (Lipinski definition) is 2. The summed E-state index contributed by atoms with van der Waals surface area (Å²) in [5.41, 5.74) is 0.188. The quantitative estimate of drug-likeness (QED) is 0.607. The van der Waals surface area contributed by atoms with E-state index in [-0.39, 0.29) is 17.3 Å². The average Bonchev–Trinajstić information content (AvgIpc) is 1.97. The van der Waals surface area contributed by atoms with E-state index in [0.717, 1.165) is 4.73 Å². The van der Waals surface area contributed by atoms with Crippen LogP contribution in [0.5, 0.6) is 5.75 Å². The van der Waals surface area contributed by atoms with Crippen LogP contribution in [-0.4, -0.2) is 21.1 Å². The molecule has 0 unspecified atom stereocenters. The third-order valence-corrected chi connectivity index (χ3v) is 1.31. The third kappa shape index (κ3) is 1.78. The summed E-state index contributed by atoms with van der Waals surface area (Å²) in [6, 6.07) is 3.06. The molecule has 0 aliphatic rings. The monoisotopic (exact) mass is 168 g/mol. The van der Waals surface area contributed by atoms with Gasteiger partial charge in [0, 0.05) is 12.2 Å². The van der Waals surface area contributed by atoms with Crippen LogP contribution in [0.15, 0.2) is 23.3 Å². The Bertz CT molecular complexity index is 305. The summed E-state index contributed by atoms with van der Waals surface area (Å²) in [6.45, 7) is 3.74. The van der Waals surface area contributed by atoms with Crippen LogP contribution in [0.2, 0.25) is 0 Å². The molecule has 0 spiro atoms. The highest BCUT2D eigenvalue weighted by Gasteiger charge is 1.97. The Labute approximate surface area is 70.4 Å². The maximum absolute atomic E-state index is 9.27. The molecule has 0 aliphatic carbocycles. The molecule has 0 saturated heterocycles. The van der Waals surface area contributed by atoms with Crippen molar-refractivity contribution in [2.24, 2.45) is 4.99 Å². The molecule has 0 atom stereocenters. The minimum absolute atomic E-state index is 0.0197.